The van der Waals surface area contributed by atoms with Crippen LogP contribution in [0.3, 0.4) is 0 Å². The third kappa shape index (κ3) is 3.34. The second-order valence-electron chi connectivity index (χ2n) is 9.69. The van der Waals surface area contributed by atoms with Crippen molar-refractivity contribution in [2.45, 2.75) is 37.3 Å². The van der Waals surface area contributed by atoms with E-state index in [0.29, 0.717) is 12.4 Å². The van der Waals surface area contributed by atoms with Crippen LogP contribution in [0.4, 0.5) is 4.79 Å². The Balaban J connectivity index is 1.12. The summed E-state index contributed by atoms with van der Waals surface area (Å²) in [5.74, 6) is 0.648. The number of H-pyrrole nitrogens is 1. The highest BCUT2D eigenvalue weighted by Gasteiger charge is 2.41. The van der Waals surface area contributed by atoms with Crippen molar-refractivity contribution in [1.82, 2.24) is 25.5 Å². The summed E-state index contributed by atoms with van der Waals surface area (Å²) in [6.45, 7) is 0.347. The van der Waals surface area contributed by atoms with Crippen molar-refractivity contribution < 1.29 is 9.53 Å². The maximum absolute atomic E-state index is 13.4. The number of hydrogen-bond donors (Lipinski definition) is 1. The molecule has 2 aliphatic heterocycles. The minimum absolute atomic E-state index is 0.0349. The van der Waals surface area contributed by atoms with Crippen LogP contribution < -0.4 is 0 Å². The number of rotatable bonds is 4. The molecule has 1 amide bonds. The van der Waals surface area contributed by atoms with E-state index >= 15 is 0 Å². The molecule has 178 valence electrons. The fourth-order valence-electron chi connectivity index (χ4n) is 6.22. The topological polar surface area (TPSA) is 84.0 Å². The van der Waals surface area contributed by atoms with Gasteiger partial charge in [-0.3, -0.25) is 4.90 Å². The lowest BCUT2D eigenvalue weighted by atomic mass is 9.91. The molecular formula is C29H25N5O2. The number of tetrazole rings is 1. The maximum atomic E-state index is 13.4. The van der Waals surface area contributed by atoms with Crippen molar-refractivity contribution in [3.05, 3.63) is 95.6 Å². The van der Waals surface area contributed by atoms with Gasteiger partial charge < -0.3 is 4.74 Å². The van der Waals surface area contributed by atoms with Crippen molar-refractivity contribution >= 4 is 11.7 Å². The van der Waals surface area contributed by atoms with Gasteiger partial charge in [0.05, 0.1) is 6.04 Å². The molecule has 2 unspecified atom stereocenters. The number of hydrogen-bond acceptors (Lipinski definition) is 5. The lowest BCUT2D eigenvalue weighted by Gasteiger charge is -2.34. The number of nitrogens with one attached hydrogen (secondary N) is 1. The Morgan fingerprint density at radius 3 is 2.22 bits per heavy atom. The predicted octanol–water partition coefficient (Wildman–Crippen LogP) is 5.44. The molecule has 1 N–H and O–H groups in total. The molecule has 3 aromatic carbocycles. The highest BCUT2D eigenvalue weighted by atomic mass is 16.6. The van der Waals surface area contributed by atoms with Crippen LogP contribution in [-0.2, 0) is 4.74 Å². The molecule has 7 heteroatoms. The van der Waals surface area contributed by atoms with E-state index in [4.69, 9.17) is 4.74 Å². The molecule has 3 heterocycles. The average molecular weight is 476 g/mol. The lowest BCUT2D eigenvalue weighted by molar-refractivity contribution is 0.0867. The molecule has 0 radical (unpaired) electrons. The van der Waals surface area contributed by atoms with Crippen molar-refractivity contribution in [3.63, 3.8) is 0 Å². The second-order valence-corrected chi connectivity index (χ2v) is 9.69. The highest BCUT2D eigenvalue weighted by Crippen LogP contribution is 2.45. The van der Waals surface area contributed by atoms with Gasteiger partial charge in [-0.25, -0.2) is 4.79 Å². The summed E-state index contributed by atoms with van der Waals surface area (Å²) in [5, 5.41) is 14.6. The molecule has 1 aliphatic carbocycles. The van der Waals surface area contributed by atoms with Crippen LogP contribution in [0.25, 0.3) is 28.1 Å². The summed E-state index contributed by atoms with van der Waals surface area (Å²) in [6.07, 6.45) is 4.72. The SMILES string of the molecule is O=C(OCC1c2ccccc2-c2ccccc21)N1C2C=C(c3ccccc3-c3nn[nH]n3)CC1CC2. The van der Waals surface area contributed by atoms with E-state index in [-0.39, 0.29) is 24.1 Å². The number of benzene rings is 3. The molecule has 1 saturated heterocycles. The minimum Gasteiger partial charge on any atom is -0.448 e. The predicted molar refractivity (Wildman–Crippen MR) is 136 cm³/mol. The van der Waals surface area contributed by atoms with Gasteiger partial charge in [0, 0.05) is 17.5 Å². The van der Waals surface area contributed by atoms with E-state index in [1.165, 1.54) is 27.8 Å². The Labute approximate surface area is 208 Å². The summed E-state index contributed by atoms with van der Waals surface area (Å²) in [5.41, 5.74) is 8.21. The first-order chi connectivity index (χ1) is 17.8. The molecule has 36 heavy (non-hydrogen) atoms. The van der Waals surface area contributed by atoms with E-state index in [2.05, 4.69) is 81.3 Å². The first kappa shape index (κ1) is 21.1. The largest absolute Gasteiger partial charge is 0.448 e. The van der Waals surface area contributed by atoms with Gasteiger partial charge >= 0.3 is 6.09 Å². The molecule has 1 aromatic heterocycles. The van der Waals surface area contributed by atoms with E-state index in [1.807, 2.05) is 23.1 Å². The van der Waals surface area contributed by atoms with Gasteiger partial charge in [0.1, 0.15) is 6.61 Å². The summed E-state index contributed by atoms with van der Waals surface area (Å²) in [4.78, 5) is 15.3. The van der Waals surface area contributed by atoms with Crippen LogP contribution in [0.5, 0.6) is 0 Å². The molecule has 1 fully saturated rings. The molecular weight excluding hydrogens is 450 g/mol. The standard InChI is InChI=1S/C29H25N5O2/c35-29(36-17-27-24-10-4-2-8-22(24)23-9-3-5-11-25(23)27)34-19-13-14-20(34)16-18(15-19)21-7-1-6-12-26(21)28-30-32-33-31-28/h1-12,15,19-20,27H,13-14,16-17H2,(H,30,31,32,33). The minimum atomic E-state index is -0.217. The van der Waals surface area contributed by atoms with Gasteiger partial charge in [0.25, 0.3) is 0 Å². The number of nitrogens with zero attached hydrogens (tertiary/aromatic N) is 4. The van der Waals surface area contributed by atoms with Crippen molar-refractivity contribution in [3.8, 4) is 22.5 Å². The number of amides is 1. The molecule has 2 atom stereocenters. The van der Waals surface area contributed by atoms with Crippen LogP contribution in [0.15, 0.2) is 78.9 Å². The Morgan fingerprint density at radius 2 is 1.56 bits per heavy atom. The van der Waals surface area contributed by atoms with Crippen LogP contribution in [-0.4, -0.2) is 50.3 Å². The zero-order valence-electron chi connectivity index (χ0n) is 19.7. The third-order valence-corrected chi connectivity index (χ3v) is 7.80. The molecule has 0 saturated carbocycles. The van der Waals surface area contributed by atoms with Gasteiger partial charge in [-0.05, 0) is 57.9 Å². The Hall–Kier alpha value is -4.26. The number of carbonyl (C=O) groups excluding carboxylic acids is 1. The van der Waals surface area contributed by atoms with E-state index < -0.39 is 0 Å². The van der Waals surface area contributed by atoms with Gasteiger partial charge in [-0.2, -0.15) is 5.21 Å². The third-order valence-electron chi connectivity index (χ3n) is 7.80. The Bertz CT molecular complexity index is 1430. The Morgan fingerprint density at radius 1 is 0.889 bits per heavy atom. The van der Waals surface area contributed by atoms with Crippen LogP contribution in [0.1, 0.15) is 41.9 Å². The zero-order valence-corrected chi connectivity index (χ0v) is 19.7. The van der Waals surface area contributed by atoms with E-state index in [1.54, 1.807) is 0 Å². The van der Waals surface area contributed by atoms with Gasteiger partial charge in [0.15, 0.2) is 0 Å². The number of carbonyl (C=O) groups is 1. The summed E-state index contributed by atoms with van der Waals surface area (Å²) in [6, 6.07) is 25.1. The quantitative estimate of drug-likeness (QED) is 0.425. The van der Waals surface area contributed by atoms with Gasteiger partial charge in [-0.15, -0.1) is 10.2 Å². The molecule has 4 aromatic rings. The smallest absolute Gasteiger partial charge is 0.410 e. The highest BCUT2D eigenvalue weighted by molar-refractivity contribution is 5.82. The average Bonchev–Trinajstić information content (AvgIpc) is 3.63. The van der Waals surface area contributed by atoms with E-state index in [0.717, 1.165) is 30.4 Å². The fraction of sp³-hybridized carbons (Fsp3) is 0.241. The molecule has 0 spiro atoms. The normalized spacial score (nSPS) is 20.1. The van der Waals surface area contributed by atoms with Gasteiger partial charge in [0.2, 0.25) is 5.82 Å². The van der Waals surface area contributed by atoms with Crippen molar-refractivity contribution in [2.75, 3.05) is 6.61 Å². The number of aromatic nitrogens is 4. The van der Waals surface area contributed by atoms with Crippen molar-refractivity contribution in [2.24, 2.45) is 0 Å². The number of fused-ring (bicyclic) bond motifs is 5. The number of aromatic amines is 1. The fourth-order valence-corrected chi connectivity index (χ4v) is 6.22. The summed E-state index contributed by atoms with van der Waals surface area (Å²) in [7, 11) is 0. The molecule has 7 nitrogen and oxygen atoms in total. The Kier molecular flexibility index (Phi) is 4.94. The zero-order chi connectivity index (χ0) is 24.1. The molecule has 3 aliphatic rings. The second kappa shape index (κ2) is 8.45. The van der Waals surface area contributed by atoms with Crippen LogP contribution >= 0.6 is 0 Å². The van der Waals surface area contributed by atoms with Gasteiger partial charge in [-0.1, -0.05) is 78.9 Å². The maximum Gasteiger partial charge on any atom is 0.410 e. The lowest BCUT2D eigenvalue weighted by Crippen LogP contribution is -2.43. The van der Waals surface area contributed by atoms with Crippen LogP contribution in [0.2, 0.25) is 0 Å². The van der Waals surface area contributed by atoms with E-state index in [9.17, 15) is 4.79 Å². The number of ether oxygens (including phenoxy) is 1. The summed E-state index contributed by atoms with van der Waals surface area (Å²) >= 11 is 0. The van der Waals surface area contributed by atoms with Crippen LogP contribution in [0, 0.1) is 0 Å². The molecule has 7 rings (SSSR count). The molecule has 2 bridgehead atoms. The monoisotopic (exact) mass is 475 g/mol. The van der Waals surface area contributed by atoms with Crippen molar-refractivity contribution in [1.29, 1.82) is 0 Å². The first-order valence-electron chi connectivity index (χ1n) is 12.4. The summed E-state index contributed by atoms with van der Waals surface area (Å²) < 4.78 is 6.01. The first-order valence-corrected chi connectivity index (χ1v) is 12.4.